The Morgan fingerprint density at radius 1 is 1.50 bits per heavy atom. The molecule has 1 aliphatic rings. The summed E-state index contributed by atoms with van der Waals surface area (Å²) in [6, 6.07) is 0. The van der Waals surface area contributed by atoms with Crippen molar-refractivity contribution in [2.75, 3.05) is 32.7 Å². The molecule has 0 radical (unpaired) electrons. The smallest absolute Gasteiger partial charge is 0.384 e. The molecule has 1 rings (SSSR count). The lowest BCUT2D eigenvalue weighted by molar-refractivity contribution is -0.183. The van der Waals surface area contributed by atoms with E-state index < -0.39 is 23.9 Å². The van der Waals surface area contributed by atoms with Gasteiger partial charge < -0.3 is 9.64 Å². The number of carbonyl (C=O) groups excluding carboxylic acids is 1. The average molecular weight is 260 g/mol. The predicted octanol–water partition coefficient (Wildman–Crippen LogP) is 1.51. The number of alkyl halides is 4. The molecule has 1 saturated heterocycles. The van der Waals surface area contributed by atoms with Gasteiger partial charge in [0.25, 0.3) is 0 Å². The second-order valence-corrected chi connectivity index (χ2v) is 4.06. The molecule has 0 unspecified atom stereocenters. The number of hydrogen-bond donors (Lipinski definition) is 0. The SMILES string of the molecule is COC[C@H]1CN(C(=O)CCl)C[C@H]1C(F)(F)F. The molecule has 0 saturated carbocycles. The highest BCUT2D eigenvalue weighted by atomic mass is 35.5. The van der Waals surface area contributed by atoms with Crippen LogP contribution in [0.25, 0.3) is 0 Å². The minimum atomic E-state index is -4.30. The number of rotatable bonds is 3. The lowest BCUT2D eigenvalue weighted by atomic mass is 9.96. The Balaban J connectivity index is 2.72. The molecule has 2 atom stereocenters. The van der Waals surface area contributed by atoms with E-state index in [0.29, 0.717) is 0 Å². The maximum Gasteiger partial charge on any atom is 0.393 e. The molecular weight excluding hydrogens is 247 g/mol. The third kappa shape index (κ3) is 3.01. The fraction of sp³-hybridized carbons (Fsp3) is 0.889. The lowest BCUT2D eigenvalue weighted by Crippen LogP contribution is -2.33. The average Bonchev–Trinajstić information content (AvgIpc) is 2.61. The summed E-state index contributed by atoms with van der Waals surface area (Å²) in [5.74, 6) is -2.96. The highest BCUT2D eigenvalue weighted by Gasteiger charge is 2.50. The highest BCUT2D eigenvalue weighted by Crippen LogP contribution is 2.37. The van der Waals surface area contributed by atoms with Crippen LogP contribution < -0.4 is 0 Å². The van der Waals surface area contributed by atoms with Gasteiger partial charge in [0.2, 0.25) is 5.91 Å². The third-order valence-electron chi connectivity index (χ3n) is 2.71. The fourth-order valence-corrected chi connectivity index (χ4v) is 2.08. The van der Waals surface area contributed by atoms with E-state index in [0.717, 1.165) is 4.90 Å². The molecule has 3 nitrogen and oxygen atoms in total. The molecule has 0 aromatic heterocycles. The molecule has 94 valence electrons. The second-order valence-electron chi connectivity index (χ2n) is 3.80. The first kappa shape index (κ1) is 13.6. The Hall–Kier alpha value is -0.490. The molecule has 1 aliphatic heterocycles. The number of methoxy groups -OCH3 is 1. The van der Waals surface area contributed by atoms with E-state index in [-0.39, 0.29) is 25.6 Å². The van der Waals surface area contributed by atoms with E-state index in [4.69, 9.17) is 16.3 Å². The number of hydrogen-bond acceptors (Lipinski definition) is 2. The van der Waals surface area contributed by atoms with Crippen molar-refractivity contribution in [3.63, 3.8) is 0 Å². The van der Waals surface area contributed by atoms with Gasteiger partial charge in [-0.15, -0.1) is 11.6 Å². The van der Waals surface area contributed by atoms with Gasteiger partial charge in [-0.2, -0.15) is 13.2 Å². The van der Waals surface area contributed by atoms with Crippen LogP contribution in [0.1, 0.15) is 0 Å². The zero-order valence-corrected chi connectivity index (χ0v) is 9.51. The number of nitrogens with zero attached hydrogens (tertiary/aromatic N) is 1. The van der Waals surface area contributed by atoms with Crippen LogP contribution in [0, 0.1) is 11.8 Å². The zero-order valence-electron chi connectivity index (χ0n) is 8.76. The molecule has 1 fully saturated rings. The van der Waals surface area contributed by atoms with E-state index in [1.54, 1.807) is 0 Å². The number of carbonyl (C=O) groups is 1. The summed E-state index contributed by atoms with van der Waals surface area (Å²) in [5.41, 5.74) is 0. The van der Waals surface area contributed by atoms with Gasteiger partial charge in [-0.3, -0.25) is 4.79 Å². The summed E-state index contributed by atoms with van der Waals surface area (Å²) in [4.78, 5) is 12.4. The van der Waals surface area contributed by atoms with Gasteiger partial charge in [-0.1, -0.05) is 0 Å². The monoisotopic (exact) mass is 259 g/mol. The zero-order chi connectivity index (χ0) is 12.3. The normalized spacial score (nSPS) is 26.2. The molecule has 0 N–H and O–H groups in total. The number of likely N-dealkylation sites (tertiary alicyclic amines) is 1. The summed E-state index contributed by atoms with van der Waals surface area (Å²) in [5, 5.41) is 0. The van der Waals surface area contributed by atoms with E-state index in [1.807, 2.05) is 0 Å². The lowest BCUT2D eigenvalue weighted by Gasteiger charge is -2.19. The van der Waals surface area contributed by atoms with Crippen LogP contribution in [-0.4, -0.2) is 49.7 Å². The van der Waals surface area contributed by atoms with Crippen molar-refractivity contribution in [3.8, 4) is 0 Å². The first-order valence-corrected chi connectivity index (χ1v) is 5.33. The standard InChI is InChI=1S/C9H13ClF3NO2/c1-16-5-6-3-14(8(15)2-10)4-7(6)9(11,12)13/h6-7H,2-5H2,1H3/t6-,7-/m1/s1. The van der Waals surface area contributed by atoms with Gasteiger partial charge in [0, 0.05) is 26.1 Å². The Morgan fingerprint density at radius 2 is 2.12 bits per heavy atom. The maximum absolute atomic E-state index is 12.6. The quantitative estimate of drug-likeness (QED) is 0.719. The minimum absolute atomic E-state index is 0.00373. The van der Waals surface area contributed by atoms with Gasteiger partial charge in [-0.05, 0) is 0 Å². The van der Waals surface area contributed by atoms with Crippen LogP contribution >= 0.6 is 11.6 Å². The second kappa shape index (κ2) is 5.23. The molecule has 1 amide bonds. The summed E-state index contributed by atoms with van der Waals surface area (Å²) >= 11 is 5.32. The van der Waals surface area contributed by atoms with Crippen molar-refractivity contribution in [2.45, 2.75) is 6.18 Å². The Labute approximate surface area is 96.5 Å². The van der Waals surface area contributed by atoms with Crippen LogP contribution in [0.3, 0.4) is 0 Å². The summed E-state index contributed by atoms with van der Waals surface area (Å²) in [6.45, 7) is -0.261. The van der Waals surface area contributed by atoms with Crippen LogP contribution in [0.15, 0.2) is 0 Å². The van der Waals surface area contributed by atoms with Crippen LogP contribution in [0.2, 0.25) is 0 Å². The molecule has 0 aromatic rings. The summed E-state index contributed by atoms with van der Waals surface area (Å²) < 4.78 is 42.7. The van der Waals surface area contributed by atoms with E-state index >= 15 is 0 Å². The first-order chi connectivity index (χ1) is 7.40. The maximum atomic E-state index is 12.6. The number of halogens is 4. The molecule has 0 aliphatic carbocycles. The van der Waals surface area contributed by atoms with Gasteiger partial charge in [0.1, 0.15) is 5.88 Å². The van der Waals surface area contributed by atoms with Gasteiger partial charge >= 0.3 is 6.18 Å². The van der Waals surface area contributed by atoms with Crippen LogP contribution in [0.5, 0.6) is 0 Å². The van der Waals surface area contributed by atoms with Gasteiger partial charge in [-0.25, -0.2) is 0 Å². The Kier molecular flexibility index (Phi) is 4.43. The fourth-order valence-electron chi connectivity index (χ4n) is 1.91. The molecule has 7 heteroatoms. The largest absolute Gasteiger partial charge is 0.393 e. The van der Waals surface area contributed by atoms with Crippen molar-refractivity contribution < 1.29 is 22.7 Å². The topological polar surface area (TPSA) is 29.5 Å². The van der Waals surface area contributed by atoms with Crippen molar-refractivity contribution in [2.24, 2.45) is 11.8 Å². The van der Waals surface area contributed by atoms with E-state index in [1.165, 1.54) is 7.11 Å². The van der Waals surface area contributed by atoms with Gasteiger partial charge in [0.15, 0.2) is 0 Å². The Bertz CT molecular complexity index is 260. The van der Waals surface area contributed by atoms with Crippen molar-refractivity contribution in [3.05, 3.63) is 0 Å². The van der Waals surface area contributed by atoms with E-state index in [9.17, 15) is 18.0 Å². The highest BCUT2D eigenvalue weighted by molar-refractivity contribution is 6.27. The summed E-state index contributed by atoms with van der Waals surface area (Å²) in [6.07, 6.45) is -4.30. The Morgan fingerprint density at radius 3 is 2.56 bits per heavy atom. The molecular formula is C9H13ClF3NO2. The molecule has 16 heavy (non-hydrogen) atoms. The molecule has 0 bridgehead atoms. The van der Waals surface area contributed by atoms with E-state index in [2.05, 4.69) is 0 Å². The van der Waals surface area contributed by atoms with Gasteiger partial charge in [0.05, 0.1) is 12.5 Å². The number of amides is 1. The van der Waals surface area contributed by atoms with Crippen molar-refractivity contribution in [1.29, 1.82) is 0 Å². The van der Waals surface area contributed by atoms with Crippen LogP contribution in [0.4, 0.5) is 13.2 Å². The first-order valence-electron chi connectivity index (χ1n) is 4.79. The molecule has 1 heterocycles. The van der Waals surface area contributed by atoms with Crippen molar-refractivity contribution in [1.82, 2.24) is 4.90 Å². The van der Waals surface area contributed by atoms with Crippen molar-refractivity contribution >= 4 is 17.5 Å². The minimum Gasteiger partial charge on any atom is -0.384 e. The number of ether oxygens (including phenoxy) is 1. The predicted molar refractivity (Wildman–Crippen MR) is 52.2 cm³/mol. The third-order valence-corrected chi connectivity index (χ3v) is 2.94. The molecule has 0 spiro atoms. The van der Waals surface area contributed by atoms with Crippen LogP contribution in [-0.2, 0) is 9.53 Å². The molecule has 0 aromatic carbocycles. The summed E-state index contributed by atoms with van der Waals surface area (Å²) in [7, 11) is 1.35.